The lowest BCUT2D eigenvalue weighted by atomic mass is 9.98. The van der Waals surface area contributed by atoms with Crippen LogP contribution in [0.4, 0.5) is 0 Å². The van der Waals surface area contributed by atoms with Gasteiger partial charge in [-0.2, -0.15) is 0 Å². The molecule has 2 rings (SSSR count). The van der Waals surface area contributed by atoms with Crippen LogP contribution >= 0.6 is 0 Å². The molecule has 1 fully saturated rings. The second kappa shape index (κ2) is 6.80. The Morgan fingerprint density at radius 1 is 1.18 bits per heavy atom. The molecule has 1 nitrogen and oxygen atoms in total. The fourth-order valence-electron chi connectivity index (χ4n) is 2.79. The maximum atomic E-state index is 3.63. The molecule has 1 aromatic rings. The quantitative estimate of drug-likeness (QED) is 0.731. The average Bonchev–Trinajstić information content (AvgIpc) is 2.88. The first kappa shape index (κ1) is 12.6. The Bertz CT molecular complexity index is 301. The SMILES string of the molecule is CC(CCNCC1CCCC1)c1ccccc1. The van der Waals surface area contributed by atoms with Gasteiger partial charge in [0.25, 0.3) is 0 Å². The van der Waals surface area contributed by atoms with Crippen LogP contribution in [0.3, 0.4) is 0 Å². The molecule has 0 radical (unpaired) electrons. The summed E-state index contributed by atoms with van der Waals surface area (Å²) in [5.41, 5.74) is 1.47. The summed E-state index contributed by atoms with van der Waals surface area (Å²) in [5.74, 6) is 1.63. The first-order chi connectivity index (χ1) is 8.36. The van der Waals surface area contributed by atoms with Gasteiger partial charge in [0, 0.05) is 0 Å². The fraction of sp³-hybridized carbons (Fsp3) is 0.625. The van der Waals surface area contributed by atoms with Gasteiger partial charge in [0.2, 0.25) is 0 Å². The minimum absolute atomic E-state index is 0.673. The molecular formula is C16H25N. The van der Waals surface area contributed by atoms with Crippen molar-refractivity contribution in [3.05, 3.63) is 35.9 Å². The molecule has 0 aromatic heterocycles. The van der Waals surface area contributed by atoms with E-state index in [2.05, 4.69) is 42.6 Å². The van der Waals surface area contributed by atoms with Crippen molar-refractivity contribution in [1.29, 1.82) is 0 Å². The summed E-state index contributed by atoms with van der Waals surface area (Å²) in [6, 6.07) is 10.8. The molecule has 0 heterocycles. The zero-order valence-corrected chi connectivity index (χ0v) is 11.0. The van der Waals surface area contributed by atoms with Crippen molar-refractivity contribution in [3.63, 3.8) is 0 Å². The average molecular weight is 231 g/mol. The molecule has 0 bridgehead atoms. The van der Waals surface area contributed by atoms with Crippen molar-refractivity contribution in [1.82, 2.24) is 5.32 Å². The summed E-state index contributed by atoms with van der Waals surface area (Å²) in [6.45, 7) is 4.72. The summed E-state index contributed by atoms with van der Waals surface area (Å²) in [7, 11) is 0. The smallest absolute Gasteiger partial charge is 0.00205 e. The van der Waals surface area contributed by atoms with Gasteiger partial charge in [-0.1, -0.05) is 50.1 Å². The highest BCUT2D eigenvalue weighted by Crippen LogP contribution is 2.24. The highest BCUT2D eigenvalue weighted by Gasteiger charge is 2.14. The van der Waals surface area contributed by atoms with Gasteiger partial charge in [0.15, 0.2) is 0 Å². The molecule has 1 aliphatic rings. The third-order valence-corrected chi connectivity index (χ3v) is 4.03. The molecule has 1 unspecified atom stereocenters. The van der Waals surface area contributed by atoms with E-state index < -0.39 is 0 Å². The molecule has 94 valence electrons. The second-order valence-corrected chi connectivity index (χ2v) is 5.46. The van der Waals surface area contributed by atoms with Crippen LogP contribution in [0.25, 0.3) is 0 Å². The minimum Gasteiger partial charge on any atom is -0.316 e. The number of benzene rings is 1. The van der Waals surface area contributed by atoms with Gasteiger partial charge in [-0.25, -0.2) is 0 Å². The topological polar surface area (TPSA) is 12.0 Å². The van der Waals surface area contributed by atoms with Crippen LogP contribution in [0.2, 0.25) is 0 Å². The van der Waals surface area contributed by atoms with Crippen LogP contribution in [0.15, 0.2) is 30.3 Å². The minimum atomic E-state index is 0.673. The molecule has 1 aromatic carbocycles. The summed E-state index contributed by atoms with van der Waals surface area (Å²) >= 11 is 0. The number of hydrogen-bond acceptors (Lipinski definition) is 1. The number of nitrogens with one attached hydrogen (secondary N) is 1. The van der Waals surface area contributed by atoms with Crippen molar-refractivity contribution in [2.24, 2.45) is 5.92 Å². The molecule has 1 heteroatoms. The van der Waals surface area contributed by atoms with Crippen LogP contribution in [0, 0.1) is 5.92 Å². The normalized spacial score (nSPS) is 18.4. The van der Waals surface area contributed by atoms with Gasteiger partial charge < -0.3 is 5.32 Å². The molecule has 0 saturated heterocycles. The Morgan fingerprint density at radius 3 is 2.59 bits per heavy atom. The zero-order valence-electron chi connectivity index (χ0n) is 11.0. The van der Waals surface area contributed by atoms with Crippen molar-refractivity contribution in [2.45, 2.75) is 44.9 Å². The predicted octanol–water partition coefficient (Wildman–Crippen LogP) is 3.96. The lowest BCUT2D eigenvalue weighted by Gasteiger charge is -2.14. The summed E-state index contributed by atoms with van der Waals surface area (Å²) in [4.78, 5) is 0. The third kappa shape index (κ3) is 4.16. The molecular weight excluding hydrogens is 206 g/mol. The summed E-state index contributed by atoms with van der Waals surface area (Å²) in [5, 5.41) is 3.63. The maximum Gasteiger partial charge on any atom is -0.00205 e. The van der Waals surface area contributed by atoms with Gasteiger partial charge in [0.1, 0.15) is 0 Å². The van der Waals surface area contributed by atoms with Gasteiger partial charge >= 0.3 is 0 Å². The van der Waals surface area contributed by atoms with E-state index in [4.69, 9.17) is 0 Å². The van der Waals surface area contributed by atoms with Crippen molar-refractivity contribution in [2.75, 3.05) is 13.1 Å². The van der Waals surface area contributed by atoms with Crippen LogP contribution in [-0.2, 0) is 0 Å². The second-order valence-electron chi connectivity index (χ2n) is 5.46. The Hall–Kier alpha value is -0.820. The van der Waals surface area contributed by atoms with Gasteiger partial charge in [0.05, 0.1) is 0 Å². The van der Waals surface area contributed by atoms with Gasteiger partial charge in [-0.15, -0.1) is 0 Å². The molecule has 0 aliphatic heterocycles. The van der Waals surface area contributed by atoms with E-state index in [-0.39, 0.29) is 0 Å². The Labute approximate surface area is 106 Å². The molecule has 0 amide bonds. The number of hydrogen-bond donors (Lipinski definition) is 1. The standard InChI is InChI=1S/C16H25N/c1-14(16-9-3-2-4-10-16)11-12-17-13-15-7-5-6-8-15/h2-4,9-10,14-15,17H,5-8,11-13H2,1H3. The molecule has 1 N–H and O–H groups in total. The molecule has 0 spiro atoms. The van der Waals surface area contributed by atoms with Crippen molar-refractivity contribution < 1.29 is 0 Å². The Kier molecular flexibility index (Phi) is 5.06. The van der Waals surface area contributed by atoms with Crippen LogP contribution < -0.4 is 5.32 Å². The lowest BCUT2D eigenvalue weighted by Crippen LogP contribution is -2.23. The zero-order chi connectivity index (χ0) is 11.9. The van der Waals surface area contributed by atoms with E-state index >= 15 is 0 Å². The lowest BCUT2D eigenvalue weighted by molar-refractivity contribution is 0.477. The molecule has 1 saturated carbocycles. The first-order valence-corrected chi connectivity index (χ1v) is 7.12. The monoisotopic (exact) mass is 231 g/mol. The fourth-order valence-corrected chi connectivity index (χ4v) is 2.79. The highest BCUT2D eigenvalue weighted by molar-refractivity contribution is 5.18. The van der Waals surface area contributed by atoms with Crippen LogP contribution in [0.1, 0.15) is 50.5 Å². The molecule has 17 heavy (non-hydrogen) atoms. The largest absolute Gasteiger partial charge is 0.316 e. The number of rotatable bonds is 6. The maximum absolute atomic E-state index is 3.63. The Balaban J connectivity index is 1.61. The van der Waals surface area contributed by atoms with E-state index in [1.807, 2.05) is 0 Å². The van der Waals surface area contributed by atoms with E-state index in [9.17, 15) is 0 Å². The molecule has 1 aliphatic carbocycles. The third-order valence-electron chi connectivity index (χ3n) is 4.03. The highest BCUT2D eigenvalue weighted by atomic mass is 14.9. The van der Waals surface area contributed by atoms with Gasteiger partial charge in [-0.05, 0) is 49.8 Å². The summed E-state index contributed by atoms with van der Waals surface area (Å²) < 4.78 is 0. The van der Waals surface area contributed by atoms with E-state index in [1.54, 1.807) is 0 Å². The molecule has 1 atom stereocenters. The predicted molar refractivity (Wildman–Crippen MR) is 74.3 cm³/mol. The van der Waals surface area contributed by atoms with Crippen LogP contribution in [0.5, 0.6) is 0 Å². The van der Waals surface area contributed by atoms with E-state index in [0.29, 0.717) is 5.92 Å². The van der Waals surface area contributed by atoms with Crippen molar-refractivity contribution in [3.8, 4) is 0 Å². The summed E-state index contributed by atoms with van der Waals surface area (Å²) in [6.07, 6.45) is 7.04. The van der Waals surface area contributed by atoms with E-state index in [1.165, 1.54) is 44.2 Å². The van der Waals surface area contributed by atoms with Crippen LogP contribution in [-0.4, -0.2) is 13.1 Å². The van der Waals surface area contributed by atoms with Crippen molar-refractivity contribution >= 4 is 0 Å². The van der Waals surface area contributed by atoms with E-state index in [0.717, 1.165) is 12.5 Å². The first-order valence-electron chi connectivity index (χ1n) is 7.12. The van der Waals surface area contributed by atoms with Gasteiger partial charge in [-0.3, -0.25) is 0 Å². The Morgan fingerprint density at radius 2 is 1.88 bits per heavy atom.